The van der Waals surface area contributed by atoms with Crippen LogP contribution in [0.25, 0.3) is 0 Å². The normalized spacial score (nSPS) is 23.9. The van der Waals surface area contributed by atoms with Crippen molar-refractivity contribution in [2.24, 2.45) is 0 Å². The van der Waals surface area contributed by atoms with E-state index < -0.39 is 15.7 Å². The number of halogens is 2. The first kappa shape index (κ1) is 13.2. The number of anilines is 1. The third-order valence-electron chi connectivity index (χ3n) is 3.87. The maximum atomic E-state index is 13.4. The number of nitrogens with zero attached hydrogens (tertiary/aromatic N) is 1. The van der Waals surface area contributed by atoms with Gasteiger partial charge in [0.15, 0.2) is 9.84 Å². The van der Waals surface area contributed by atoms with Crippen LogP contribution in [0.4, 0.5) is 10.1 Å². The molecule has 1 aromatic rings. The molecule has 1 heterocycles. The van der Waals surface area contributed by atoms with Gasteiger partial charge in [-0.2, -0.15) is 0 Å². The van der Waals surface area contributed by atoms with Crippen LogP contribution >= 0.6 is 11.6 Å². The van der Waals surface area contributed by atoms with E-state index in [0.717, 1.165) is 12.8 Å². The van der Waals surface area contributed by atoms with Gasteiger partial charge < -0.3 is 4.90 Å². The van der Waals surface area contributed by atoms with Gasteiger partial charge in [-0.1, -0.05) is 11.6 Å². The zero-order valence-electron chi connectivity index (χ0n) is 10.4. The second-order valence-electron chi connectivity index (χ2n) is 5.24. The third-order valence-corrected chi connectivity index (χ3v) is 6.89. The van der Waals surface area contributed by atoms with Gasteiger partial charge in [0, 0.05) is 18.8 Å². The average molecular weight is 304 g/mol. The minimum atomic E-state index is -2.99. The molecule has 3 rings (SSSR count). The zero-order chi connectivity index (χ0) is 13.6. The van der Waals surface area contributed by atoms with Crippen LogP contribution in [-0.4, -0.2) is 32.0 Å². The molecule has 1 saturated carbocycles. The van der Waals surface area contributed by atoms with E-state index in [1.807, 2.05) is 4.90 Å². The van der Waals surface area contributed by atoms with Crippen LogP contribution in [-0.2, 0) is 9.84 Å². The molecule has 0 spiro atoms. The van der Waals surface area contributed by atoms with Gasteiger partial charge >= 0.3 is 0 Å². The van der Waals surface area contributed by atoms with Crippen molar-refractivity contribution in [1.29, 1.82) is 0 Å². The molecule has 104 valence electrons. The van der Waals surface area contributed by atoms with E-state index in [2.05, 4.69) is 0 Å². The van der Waals surface area contributed by atoms with Crippen LogP contribution in [0, 0.1) is 5.82 Å². The molecule has 1 saturated heterocycles. The summed E-state index contributed by atoms with van der Waals surface area (Å²) in [6, 6.07) is 4.61. The summed E-state index contributed by atoms with van der Waals surface area (Å²) in [4.78, 5) is 1.92. The van der Waals surface area contributed by atoms with E-state index in [4.69, 9.17) is 11.6 Å². The van der Waals surface area contributed by atoms with Gasteiger partial charge in [-0.15, -0.1) is 0 Å². The molecule has 1 aliphatic heterocycles. The highest BCUT2D eigenvalue weighted by atomic mass is 35.5. The minimum Gasteiger partial charge on any atom is -0.370 e. The van der Waals surface area contributed by atoms with Crippen molar-refractivity contribution >= 4 is 27.1 Å². The highest BCUT2D eigenvalue weighted by Gasteiger charge is 2.43. The van der Waals surface area contributed by atoms with Gasteiger partial charge in [0.25, 0.3) is 0 Å². The average Bonchev–Trinajstić information content (AvgIpc) is 3.11. The van der Waals surface area contributed by atoms with E-state index in [-0.39, 0.29) is 15.5 Å². The largest absolute Gasteiger partial charge is 0.370 e. The lowest BCUT2D eigenvalue weighted by atomic mass is 10.3. The second-order valence-corrected chi connectivity index (χ2v) is 8.16. The van der Waals surface area contributed by atoms with Crippen molar-refractivity contribution in [3.63, 3.8) is 0 Å². The Labute approximate surface area is 117 Å². The first-order chi connectivity index (χ1) is 8.98. The summed E-state index contributed by atoms with van der Waals surface area (Å²) < 4.78 is 37.8. The van der Waals surface area contributed by atoms with Gasteiger partial charge in [0.1, 0.15) is 5.82 Å². The molecule has 1 atom stereocenters. The van der Waals surface area contributed by atoms with Crippen molar-refractivity contribution < 1.29 is 12.8 Å². The smallest absolute Gasteiger partial charge is 0.157 e. The van der Waals surface area contributed by atoms with Crippen LogP contribution in [0.15, 0.2) is 18.2 Å². The monoisotopic (exact) mass is 303 g/mol. The fourth-order valence-corrected chi connectivity index (χ4v) is 4.86. The highest BCUT2D eigenvalue weighted by molar-refractivity contribution is 7.93. The lowest BCUT2D eigenvalue weighted by Crippen LogP contribution is -2.29. The van der Waals surface area contributed by atoms with E-state index in [1.54, 1.807) is 6.07 Å². The Balaban J connectivity index is 1.76. The van der Waals surface area contributed by atoms with Crippen molar-refractivity contribution in [2.75, 3.05) is 18.0 Å². The minimum absolute atomic E-state index is 0.0881. The summed E-state index contributed by atoms with van der Waals surface area (Å²) in [5, 5.41) is -0.344. The fraction of sp³-hybridized carbons (Fsp3) is 0.538. The lowest BCUT2D eigenvalue weighted by molar-refractivity contribution is 0.582. The lowest BCUT2D eigenvalue weighted by Gasteiger charge is -2.19. The zero-order valence-corrected chi connectivity index (χ0v) is 11.9. The predicted molar refractivity (Wildman–Crippen MR) is 74.0 cm³/mol. The molecule has 1 aliphatic carbocycles. The Kier molecular flexibility index (Phi) is 3.21. The Hall–Kier alpha value is -0.810. The Morgan fingerprint density at radius 3 is 2.58 bits per heavy atom. The molecule has 0 amide bonds. The van der Waals surface area contributed by atoms with Crippen molar-refractivity contribution in [2.45, 2.75) is 29.8 Å². The highest BCUT2D eigenvalue weighted by Crippen LogP contribution is 2.35. The van der Waals surface area contributed by atoms with Crippen molar-refractivity contribution in [3.8, 4) is 0 Å². The molecule has 19 heavy (non-hydrogen) atoms. The molecule has 6 heteroatoms. The number of rotatable bonds is 3. The fourth-order valence-electron chi connectivity index (χ4n) is 2.58. The number of sulfone groups is 1. The second kappa shape index (κ2) is 4.63. The van der Waals surface area contributed by atoms with Crippen LogP contribution in [0.5, 0.6) is 0 Å². The van der Waals surface area contributed by atoms with E-state index in [1.165, 1.54) is 12.1 Å². The summed E-state index contributed by atoms with van der Waals surface area (Å²) in [5.41, 5.74) is 0.704. The Bertz CT molecular complexity index is 601. The molecule has 3 nitrogen and oxygen atoms in total. The van der Waals surface area contributed by atoms with Crippen LogP contribution in [0.2, 0.25) is 5.02 Å². The maximum Gasteiger partial charge on any atom is 0.157 e. The molecule has 1 aromatic carbocycles. The molecule has 0 radical (unpaired) electrons. The molecule has 2 aliphatic rings. The standard InChI is InChI=1S/C13H15ClFNO2S/c14-12-4-1-9(7-13(12)15)16-6-5-11(8-16)19(17,18)10-2-3-10/h1,4,7,10-11H,2-3,5-6,8H2/t11-/m0/s1. The molecule has 0 N–H and O–H groups in total. The maximum absolute atomic E-state index is 13.4. The van der Waals surface area contributed by atoms with Gasteiger partial charge in [-0.3, -0.25) is 0 Å². The van der Waals surface area contributed by atoms with E-state index in [0.29, 0.717) is 25.2 Å². The molecular weight excluding hydrogens is 289 g/mol. The van der Waals surface area contributed by atoms with Gasteiger partial charge in [0.2, 0.25) is 0 Å². The third kappa shape index (κ3) is 2.46. The molecule has 2 fully saturated rings. The number of benzene rings is 1. The summed E-state index contributed by atoms with van der Waals surface area (Å²) in [7, 11) is -2.99. The Morgan fingerprint density at radius 2 is 1.95 bits per heavy atom. The molecule has 0 aromatic heterocycles. The van der Waals surface area contributed by atoms with Crippen LogP contribution in [0.1, 0.15) is 19.3 Å². The quantitative estimate of drug-likeness (QED) is 0.861. The van der Waals surface area contributed by atoms with Crippen molar-refractivity contribution in [3.05, 3.63) is 29.0 Å². The first-order valence-electron chi connectivity index (χ1n) is 6.41. The Morgan fingerprint density at radius 1 is 1.21 bits per heavy atom. The van der Waals surface area contributed by atoms with E-state index >= 15 is 0 Å². The van der Waals surface area contributed by atoms with Gasteiger partial charge in [0.05, 0.1) is 15.5 Å². The SMILES string of the molecule is O=S(=O)(C1CC1)[C@H]1CCN(c2ccc(Cl)c(F)c2)C1. The topological polar surface area (TPSA) is 37.4 Å². The number of hydrogen-bond donors (Lipinski definition) is 0. The predicted octanol–water partition coefficient (Wildman–Crippen LogP) is 2.64. The van der Waals surface area contributed by atoms with Crippen LogP contribution in [0.3, 0.4) is 0 Å². The van der Waals surface area contributed by atoms with Crippen LogP contribution < -0.4 is 4.90 Å². The summed E-state index contributed by atoms with van der Waals surface area (Å²) in [5.74, 6) is -0.465. The van der Waals surface area contributed by atoms with E-state index in [9.17, 15) is 12.8 Å². The number of hydrogen-bond acceptors (Lipinski definition) is 3. The van der Waals surface area contributed by atoms with Gasteiger partial charge in [-0.25, -0.2) is 12.8 Å². The summed E-state index contributed by atoms with van der Waals surface area (Å²) in [6.45, 7) is 1.11. The molecule has 0 unspecified atom stereocenters. The molecular formula is C13H15ClFNO2S. The first-order valence-corrected chi connectivity index (χ1v) is 8.40. The molecule has 0 bridgehead atoms. The van der Waals surface area contributed by atoms with Gasteiger partial charge in [-0.05, 0) is 37.5 Å². The summed E-state index contributed by atoms with van der Waals surface area (Å²) in [6.07, 6.45) is 2.23. The summed E-state index contributed by atoms with van der Waals surface area (Å²) >= 11 is 5.65. The van der Waals surface area contributed by atoms with Crippen molar-refractivity contribution in [1.82, 2.24) is 0 Å².